The van der Waals surface area contributed by atoms with E-state index in [9.17, 15) is 0 Å². The van der Waals surface area contributed by atoms with E-state index in [-0.39, 0.29) is 11.8 Å². The summed E-state index contributed by atoms with van der Waals surface area (Å²) in [4.78, 5) is 37.5. The Morgan fingerprint density at radius 3 is 0.917 bits per heavy atom. The van der Waals surface area contributed by atoms with Gasteiger partial charge in [-0.15, -0.1) is 45.3 Å². The summed E-state index contributed by atoms with van der Waals surface area (Å²) in [6.07, 6.45) is 50.0. The molecule has 402 valence electrons. The molecule has 0 aliphatic carbocycles. The number of carbonyl (C=O) groups is 2. The van der Waals surface area contributed by atoms with Crippen molar-refractivity contribution in [2.75, 3.05) is 13.1 Å². The second kappa shape index (κ2) is 34.4. The summed E-state index contributed by atoms with van der Waals surface area (Å²) in [5, 5.41) is 4.35. The molecule has 0 N–H and O–H groups in total. The van der Waals surface area contributed by atoms with Gasteiger partial charge in [0.25, 0.3) is 11.8 Å². The molecular formula is C64H100N2O2S4. The van der Waals surface area contributed by atoms with Gasteiger partial charge in [-0.1, -0.05) is 259 Å². The van der Waals surface area contributed by atoms with Gasteiger partial charge in [0.15, 0.2) is 0 Å². The van der Waals surface area contributed by atoms with E-state index in [1.165, 1.54) is 250 Å². The first-order valence-electron chi connectivity index (χ1n) is 30.6. The number of fused-ring (bicyclic) bond motifs is 3. The molecule has 0 unspecified atom stereocenters. The molecular weight excluding hydrogens is 957 g/mol. The molecule has 0 saturated carbocycles. The van der Waals surface area contributed by atoms with Crippen molar-refractivity contribution in [2.45, 2.75) is 272 Å². The second-order valence-corrected chi connectivity index (χ2v) is 26.3. The summed E-state index contributed by atoms with van der Waals surface area (Å²) in [5.74, 6) is 1.32. The lowest BCUT2D eigenvalue weighted by atomic mass is 9.91. The average molecular weight is 1060 g/mol. The van der Waals surface area contributed by atoms with E-state index < -0.39 is 0 Å². The maximum absolute atomic E-state index is 15.6. The van der Waals surface area contributed by atoms with Crippen molar-refractivity contribution >= 4 is 87.4 Å². The van der Waals surface area contributed by atoms with Crippen molar-refractivity contribution in [3.8, 4) is 0 Å². The highest BCUT2D eigenvalue weighted by molar-refractivity contribution is 7.28. The van der Waals surface area contributed by atoms with Crippen LogP contribution in [0.1, 0.15) is 281 Å². The molecule has 0 bridgehead atoms. The smallest absolute Gasteiger partial charge is 0.261 e. The molecule has 0 saturated heterocycles. The Morgan fingerprint density at radius 2 is 0.639 bits per heavy atom. The molecule has 2 amide bonds. The summed E-state index contributed by atoms with van der Waals surface area (Å²) in [6.45, 7) is 10.6. The van der Waals surface area contributed by atoms with E-state index >= 15 is 9.59 Å². The molecule has 72 heavy (non-hydrogen) atoms. The van der Waals surface area contributed by atoms with Gasteiger partial charge in [0, 0.05) is 31.9 Å². The number of hydrogen-bond donors (Lipinski definition) is 0. The molecule has 0 atom stereocenters. The first-order valence-corrected chi connectivity index (χ1v) is 34.0. The molecule has 4 nitrogen and oxygen atoms in total. The van der Waals surface area contributed by atoms with Crippen LogP contribution in [-0.2, 0) is 9.59 Å². The van der Waals surface area contributed by atoms with Crippen molar-refractivity contribution in [3.63, 3.8) is 0 Å². The van der Waals surface area contributed by atoms with E-state index in [0.717, 1.165) is 34.0 Å². The van der Waals surface area contributed by atoms with Crippen LogP contribution in [0, 0.1) is 11.8 Å². The lowest BCUT2D eigenvalue weighted by Gasteiger charge is -2.27. The number of nitrogens with zero attached hydrogens (tertiary/aromatic N) is 2. The SMILES string of the molecule is CCCCCCCCCCC(CCCCCCCCCC)CCN1C(=O)C2=C(c3cc4sccc4s3)N(CCC(CCCCCCCCCC)CCCCCCCCCC)C(=O)C2=C1c1cc2sccc2s1. The minimum atomic E-state index is 0.0618. The maximum atomic E-state index is 15.6. The van der Waals surface area contributed by atoms with Gasteiger partial charge in [-0.25, -0.2) is 0 Å². The van der Waals surface area contributed by atoms with Crippen LogP contribution >= 0.6 is 45.3 Å². The fourth-order valence-corrected chi connectivity index (χ4v) is 16.2. The number of rotatable bonds is 44. The fraction of sp³-hybridized carbons (Fsp3) is 0.719. The van der Waals surface area contributed by atoms with Crippen molar-refractivity contribution in [3.05, 3.63) is 55.9 Å². The Labute approximate surface area is 456 Å². The summed E-state index contributed by atoms with van der Waals surface area (Å²) in [5.41, 5.74) is 3.18. The number of unbranched alkanes of at least 4 members (excludes halogenated alkanes) is 28. The zero-order valence-electron chi connectivity index (χ0n) is 46.2. The van der Waals surface area contributed by atoms with Crippen LogP contribution in [0.2, 0.25) is 0 Å². The average Bonchev–Trinajstić information content (AvgIpc) is 4.25. The van der Waals surface area contributed by atoms with Crippen LogP contribution < -0.4 is 0 Å². The topological polar surface area (TPSA) is 40.6 Å². The van der Waals surface area contributed by atoms with E-state index in [1.54, 1.807) is 45.3 Å². The molecule has 0 fully saturated rings. The minimum absolute atomic E-state index is 0.0618. The van der Waals surface area contributed by atoms with E-state index in [4.69, 9.17) is 0 Å². The normalized spacial score (nSPS) is 14.2. The number of hydrogen-bond acceptors (Lipinski definition) is 6. The maximum Gasteiger partial charge on any atom is 0.261 e. The highest BCUT2D eigenvalue weighted by Gasteiger charge is 2.49. The van der Waals surface area contributed by atoms with Crippen LogP contribution in [0.5, 0.6) is 0 Å². The fourth-order valence-electron chi connectivity index (χ4n) is 11.9. The molecule has 8 heteroatoms. The first kappa shape index (κ1) is 59.0. The predicted molar refractivity (Wildman–Crippen MR) is 322 cm³/mol. The summed E-state index contributed by atoms with van der Waals surface area (Å²) >= 11 is 7.08. The lowest BCUT2D eigenvalue weighted by Crippen LogP contribution is -2.32. The predicted octanol–water partition coefficient (Wildman–Crippen LogP) is 22.2. The quantitative estimate of drug-likeness (QED) is 0.0414. The van der Waals surface area contributed by atoms with Crippen molar-refractivity contribution in [1.82, 2.24) is 9.80 Å². The van der Waals surface area contributed by atoms with Gasteiger partial charge in [-0.05, 0) is 59.7 Å². The van der Waals surface area contributed by atoms with Gasteiger partial charge < -0.3 is 9.80 Å². The van der Waals surface area contributed by atoms with E-state index in [2.05, 4.69) is 72.5 Å². The van der Waals surface area contributed by atoms with Crippen molar-refractivity contribution in [1.29, 1.82) is 0 Å². The third kappa shape index (κ3) is 18.5. The molecule has 0 aromatic carbocycles. The molecule has 6 heterocycles. The number of carbonyl (C=O) groups excluding carboxylic acids is 2. The van der Waals surface area contributed by atoms with Crippen LogP contribution in [0.4, 0.5) is 0 Å². The zero-order chi connectivity index (χ0) is 50.6. The van der Waals surface area contributed by atoms with Gasteiger partial charge in [-0.2, -0.15) is 0 Å². The Bertz CT molecular complexity index is 1930. The van der Waals surface area contributed by atoms with Gasteiger partial charge in [0.05, 0.1) is 32.3 Å². The number of amides is 2. The van der Waals surface area contributed by atoms with Crippen LogP contribution in [0.15, 0.2) is 46.2 Å². The first-order chi connectivity index (χ1) is 35.5. The van der Waals surface area contributed by atoms with Gasteiger partial charge >= 0.3 is 0 Å². The van der Waals surface area contributed by atoms with Gasteiger partial charge in [0.2, 0.25) is 0 Å². The Hall–Kier alpha value is -2.26. The number of thiophene rings is 4. The Balaban J connectivity index is 1.22. The van der Waals surface area contributed by atoms with E-state index in [0.29, 0.717) is 36.1 Å². The third-order valence-corrected chi connectivity index (χ3v) is 20.5. The molecule has 2 aliphatic heterocycles. The zero-order valence-corrected chi connectivity index (χ0v) is 49.5. The lowest BCUT2D eigenvalue weighted by molar-refractivity contribution is -0.124. The largest absolute Gasteiger partial charge is 0.306 e. The third-order valence-electron chi connectivity index (χ3n) is 16.3. The van der Waals surface area contributed by atoms with Crippen LogP contribution in [-0.4, -0.2) is 34.7 Å². The molecule has 0 radical (unpaired) electrons. The van der Waals surface area contributed by atoms with Crippen molar-refractivity contribution in [2.24, 2.45) is 11.8 Å². The molecule has 0 spiro atoms. The second-order valence-electron chi connectivity index (χ2n) is 22.2. The van der Waals surface area contributed by atoms with Crippen LogP contribution in [0.3, 0.4) is 0 Å². The van der Waals surface area contributed by atoms with Gasteiger partial charge in [-0.3, -0.25) is 9.59 Å². The monoisotopic (exact) mass is 1060 g/mol. The molecule has 4 aromatic rings. The summed E-state index contributed by atoms with van der Waals surface area (Å²) in [7, 11) is 0. The molecule has 4 aromatic heterocycles. The minimum Gasteiger partial charge on any atom is -0.306 e. The van der Waals surface area contributed by atoms with Gasteiger partial charge in [0.1, 0.15) is 0 Å². The summed E-state index contributed by atoms with van der Waals surface area (Å²) in [6, 6.07) is 9.00. The van der Waals surface area contributed by atoms with E-state index in [1.807, 2.05) is 0 Å². The standard InChI is InChI=1S/C64H100N2O2S4/c1-5-9-13-17-21-25-29-33-37-51(38-34-30-26-22-18-14-10-6-2)41-45-65-61(57-49-55-53(71-57)43-47-69-55)59-60(63(65)67)62(58-50-56-54(72-58)44-48-70-56)66(64(59)68)46-42-52(39-35-31-27-23-19-15-11-7-3)40-36-32-28-24-20-16-12-8-4/h43-44,47-52H,5-42,45-46H2,1-4H3. The highest BCUT2D eigenvalue weighted by atomic mass is 32.1. The Morgan fingerprint density at radius 1 is 0.361 bits per heavy atom. The Kier molecular flexibility index (Phi) is 28.2. The van der Waals surface area contributed by atoms with Crippen molar-refractivity contribution < 1.29 is 9.59 Å². The summed E-state index contributed by atoms with van der Waals surface area (Å²) < 4.78 is 5.00. The van der Waals surface area contributed by atoms with Crippen LogP contribution in [0.25, 0.3) is 30.2 Å². The molecule has 6 rings (SSSR count). The molecule has 2 aliphatic rings. The highest BCUT2D eigenvalue weighted by Crippen LogP contribution is 2.51.